The molecule has 1 aliphatic rings. The standard InChI is InChI=1S/C13H13BrN2S/c14-9-4-1-3-8(7-9)13-16-11-6-2-5-10(15)12(11)17-13/h1,3-4,7,10H,2,5-6,15H2. The highest BCUT2D eigenvalue weighted by Gasteiger charge is 2.21. The van der Waals surface area contributed by atoms with Crippen molar-refractivity contribution in [2.75, 3.05) is 0 Å². The van der Waals surface area contributed by atoms with Crippen molar-refractivity contribution in [3.63, 3.8) is 0 Å². The Morgan fingerprint density at radius 3 is 3.06 bits per heavy atom. The fourth-order valence-corrected chi connectivity index (χ4v) is 3.74. The van der Waals surface area contributed by atoms with Gasteiger partial charge in [0.25, 0.3) is 0 Å². The maximum atomic E-state index is 6.13. The zero-order valence-corrected chi connectivity index (χ0v) is 11.7. The molecule has 0 aliphatic heterocycles. The number of thiazole rings is 1. The van der Waals surface area contributed by atoms with Crippen LogP contribution in [0.5, 0.6) is 0 Å². The van der Waals surface area contributed by atoms with Crippen LogP contribution < -0.4 is 5.73 Å². The summed E-state index contributed by atoms with van der Waals surface area (Å²) in [5.41, 5.74) is 8.51. The summed E-state index contributed by atoms with van der Waals surface area (Å²) in [6, 6.07) is 8.47. The quantitative estimate of drug-likeness (QED) is 0.867. The number of hydrogen-bond donors (Lipinski definition) is 1. The van der Waals surface area contributed by atoms with E-state index in [0.717, 1.165) is 28.7 Å². The minimum atomic E-state index is 0.192. The molecule has 0 fully saturated rings. The van der Waals surface area contributed by atoms with E-state index in [2.05, 4.69) is 28.1 Å². The fourth-order valence-electron chi connectivity index (χ4n) is 2.20. The molecule has 1 aromatic carbocycles. The largest absolute Gasteiger partial charge is 0.323 e. The normalized spacial score (nSPS) is 19.1. The zero-order valence-electron chi connectivity index (χ0n) is 9.32. The molecular formula is C13H13BrN2S. The molecule has 0 amide bonds. The minimum Gasteiger partial charge on any atom is -0.323 e. The van der Waals surface area contributed by atoms with Gasteiger partial charge in [0.1, 0.15) is 5.01 Å². The maximum absolute atomic E-state index is 6.13. The van der Waals surface area contributed by atoms with Gasteiger partial charge in [-0.2, -0.15) is 0 Å². The molecule has 0 bridgehead atoms. The number of hydrogen-bond acceptors (Lipinski definition) is 3. The molecule has 1 aromatic heterocycles. The molecule has 17 heavy (non-hydrogen) atoms. The molecule has 2 nitrogen and oxygen atoms in total. The third kappa shape index (κ3) is 2.17. The van der Waals surface area contributed by atoms with Crippen molar-refractivity contribution in [1.29, 1.82) is 0 Å². The highest BCUT2D eigenvalue weighted by atomic mass is 79.9. The molecule has 0 radical (unpaired) electrons. The lowest BCUT2D eigenvalue weighted by Gasteiger charge is -2.15. The van der Waals surface area contributed by atoms with Gasteiger partial charge in [0.2, 0.25) is 0 Å². The van der Waals surface area contributed by atoms with Gasteiger partial charge < -0.3 is 5.73 Å². The van der Waals surface area contributed by atoms with Crippen molar-refractivity contribution >= 4 is 27.3 Å². The smallest absolute Gasteiger partial charge is 0.123 e. The van der Waals surface area contributed by atoms with Crippen LogP contribution in [0.15, 0.2) is 28.7 Å². The van der Waals surface area contributed by atoms with Gasteiger partial charge in [-0.05, 0) is 31.4 Å². The molecule has 1 atom stereocenters. The number of benzene rings is 1. The minimum absolute atomic E-state index is 0.192. The molecule has 1 unspecified atom stereocenters. The molecule has 1 heterocycles. The number of rotatable bonds is 1. The van der Waals surface area contributed by atoms with Gasteiger partial charge in [-0.25, -0.2) is 4.98 Å². The van der Waals surface area contributed by atoms with E-state index in [0.29, 0.717) is 0 Å². The summed E-state index contributed by atoms with van der Waals surface area (Å²) in [5.74, 6) is 0. The van der Waals surface area contributed by atoms with Crippen LogP contribution in [0.3, 0.4) is 0 Å². The van der Waals surface area contributed by atoms with Crippen LogP contribution in [0, 0.1) is 0 Å². The van der Waals surface area contributed by atoms with Crippen LogP contribution in [-0.2, 0) is 6.42 Å². The van der Waals surface area contributed by atoms with Crippen molar-refractivity contribution in [2.24, 2.45) is 5.73 Å². The molecule has 2 aromatic rings. The maximum Gasteiger partial charge on any atom is 0.123 e. The molecule has 3 rings (SSSR count). The van der Waals surface area contributed by atoms with Gasteiger partial charge in [0, 0.05) is 21.0 Å². The first kappa shape index (κ1) is 11.4. The summed E-state index contributed by atoms with van der Waals surface area (Å²) in [5, 5.41) is 1.09. The number of nitrogens with zero attached hydrogens (tertiary/aromatic N) is 1. The van der Waals surface area contributed by atoms with E-state index in [4.69, 9.17) is 10.7 Å². The lowest BCUT2D eigenvalue weighted by atomic mass is 9.99. The lowest BCUT2D eigenvalue weighted by Crippen LogP contribution is -2.15. The van der Waals surface area contributed by atoms with Crippen molar-refractivity contribution in [3.8, 4) is 10.6 Å². The van der Waals surface area contributed by atoms with Gasteiger partial charge >= 0.3 is 0 Å². The van der Waals surface area contributed by atoms with E-state index in [9.17, 15) is 0 Å². The molecule has 4 heteroatoms. The third-order valence-electron chi connectivity index (χ3n) is 3.06. The SMILES string of the molecule is NC1CCCc2nc(-c3cccc(Br)c3)sc21. The summed E-state index contributed by atoms with van der Waals surface area (Å²) in [6.07, 6.45) is 3.33. The van der Waals surface area contributed by atoms with Crippen LogP contribution in [0.25, 0.3) is 10.6 Å². The Morgan fingerprint density at radius 2 is 2.29 bits per heavy atom. The highest BCUT2D eigenvalue weighted by molar-refractivity contribution is 9.10. The molecule has 88 valence electrons. The number of halogens is 1. The summed E-state index contributed by atoms with van der Waals surface area (Å²) in [4.78, 5) is 6.01. The molecule has 0 saturated carbocycles. The van der Waals surface area contributed by atoms with E-state index in [1.807, 2.05) is 12.1 Å². The Bertz CT molecular complexity index is 550. The van der Waals surface area contributed by atoms with Gasteiger partial charge in [0.05, 0.1) is 5.69 Å². The van der Waals surface area contributed by atoms with Gasteiger partial charge in [0.15, 0.2) is 0 Å². The van der Waals surface area contributed by atoms with Crippen LogP contribution in [0.4, 0.5) is 0 Å². The van der Waals surface area contributed by atoms with E-state index in [1.54, 1.807) is 11.3 Å². The first-order valence-corrected chi connectivity index (χ1v) is 7.36. The van der Waals surface area contributed by atoms with Gasteiger partial charge in [-0.3, -0.25) is 0 Å². The topological polar surface area (TPSA) is 38.9 Å². The van der Waals surface area contributed by atoms with Gasteiger partial charge in [-0.1, -0.05) is 28.1 Å². The van der Waals surface area contributed by atoms with E-state index < -0.39 is 0 Å². The average Bonchev–Trinajstić information content (AvgIpc) is 2.74. The Balaban J connectivity index is 2.05. The Kier molecular flexibility index (Phi) is 3.03. The van der Waals surface area contributed by atoms with Crippen LogP contribution in [0.1, 0.15) is 29.5 Å². The molecule has 2 N–H and O–H groups in total. The summed E-state index contributed by atoms with van der Waals surface area (Å²) < 4.78 is 1.09. The molecule has 1 aliphatic carbocycles. The predicted octanol–water partition coefficient (Wildman–Crippen LogP) is 3.91. The Labute approximate surface area is 113 Å². The van der Waals surface area contributed by atoms with E-state index >= 15 is 0 Å². The second-order valence-corrected chi connectivity index (χ2v) is 6.29. The highest BCUT2D eigenvalue weighted by Crippen LogP contribution is 2.37. The number of nitrogens with two attached hydrogens (primary N) is 1. The van der Waals surface area contributed by atoms with Crippen molar-refractivity contribution in [1.82, 2.24) is 4.98 Å². The first-order valence-electron chi connectivity index (χ1n) is 5.75. The van der Waals surface area contributed by atoms with Gasteiger partial charge in [-0.15, -0.1) is 11.3 Å². The van der Waals surface area contributed by atoms with Crippen LogP contribution >= 0.6 is 27.3 Å². The molecule has 0 saturated heterocycles. The van der Waals surface area contributed by atoms with Crippen molar-refractivity contribution in [2.45, 2.75) is 25.3 Å². The number of aryl methyl sites for hydroxylation is 1. The fraction of sp³-hybridized carbons (Fsp3) is 0.308. The lowest BCUT2D eigenvalue weighted by molar-refractivity contribution is 0.573. The first-order chi connectivity index (χ1) is 8.24. The summed E-state index contributed by atoms with van der Waals surface area (Å²) in [7, 11) is 0. The zero-order chi connectivity index (χ0) is 11.8. The van der Waals surface area contributed by atoms with Crippen molar-refractivity contribution in [3.05, 3.63) is 39.3 Å². The second kappa shape index (κ2) is 4.52. The summed E-state index contributed by atoms with van der Waals surface area (Å²) in [6.45, 7) is 0. The van der Waals surface area contributed by atoms with Crippen LogP contribution in [-0.4, -0.2) is 4.98 Å². The molecular weight excluding hydrogens is 296 g/mol. The van der Waals surface area contributed by atoms with E-state index in [1.165, 1.54) is 16.1 Å². The predicted molar refractivity (Wildman–Crippen MR) is 75.1 cm³/mol. The second-order valence-electron chi connectivity index (χ2n) is 4.34. The monoisotopic (exact) mass is 308 g/mol. The molecule has 0 spiro atoms. The number of aromatic nitrogens is 1. The van der Waals surface area contributed by atoms with E-state index in [-0.39, 0.29) is 6.04 Å². The van der Waals surface area contributed by atoms with Crippen LogP contribution in [0.2, 0.25) is 0 Å². The third-order valence-corrected chi connectivity index (χ3v) is 4.84. The summed E-state index contributed by atoms with van der Waals surface area (Å²) >= 11 is 5.24. The average molecular weight is 309 g/mol. The Hall–Kier alpha value is -0.710. The van der Waals surface area contributed by atoms with Crippen molar-refractivity contribution < 1.29 is 0 Å². The number of fused-ring (bicyclic) bond motifs is 1. The Morgan fingerprint density at radius 1 is 1.41 bits per heavy atom.